The standard InChI is InChI=1S/C16H14ClFN2/c1-20(10-13-6-3-2-5-12(13)9-19)11-14-15(17)7-4-8-16(14)18/h2-8H,10-11H2,1H3. The monoisotopic (exact) mass is 288 g/mol. The SMILES string of the molecule is CN(Cc1ccccc1C#N)Cc1c(F)cccc1Cl. The van der Waals surface area contributed by atoms with E-state index in [9.17, 15) is 4.39 Å². The van der Waals surface area contributed by atoms with Crippen molar-refractivity contribution in [2.45, 2.75) is 13.1 Å². The molecule has 0 heterocycles. The molecule has 0 saturated carbocycles. The normalized spacial score (nSPS) is 10.6. The Bertz CT molecular complexity index is 629. The predicted octanol–water partition coefficient (Wildman–Crippen LogP) is 3.98. The smallest absolute Gasteiger partial charge is 0.129 e. The highest BCUT2D eigenvalue weighted by molar-refractivity contribution is 6.31. The zero-order chi connectivity index (χ0) is 14.5. The van der Waals surface area contributed by atoms with Gasteiger partial charge in [-0.25, -0.2) is 4.39 Å². The fourth-order valence-corrected chi connectivity index (χ4v) is 2.29. The number of rotatable bonds is 4. The average molecular weight is 289 g/mol. The molecule has 0 saturated heterocycles. The van der Waals surface area contributed by atoms with Crippen LogP contribution in [0.1, 0.15) is 16.7 Å². The Morgan fingerprint density at radius 1 is 1.15 bits per heavy atom. The Balaban J connectivity index is 2.14. The topological polar surface area (TPSA) is 27.0 Å². The first kappa shape index (κ1) is 14.5. The Hall–Kier alpha value is -1.89. The minimum Gasteiger partial charge on any atom is -0.298 e. The maximum absolute atomic E-state index is 13.7. The van der Waals surface area contributed by atoms with Gasteiger partial charge in [-0.3, -0.25) is 4.90 Å². The molecule has 2 nitrogen and oxygen atoms in total. The number of halogens is 2. The van der Waals surface area contributed by atoms with E-state index in [4.69, 9.17) is 16.9 Å². The first-order chi connectivity index (χ1) is 9.61. The van der Waals surface area contributed by atoms with Crippen molar-refractivity contribution in [1.29, 1.82) is 5.26 Å². The van der Waals surface area contributed by atoms with E-state index in [0.717, 1.165) is 5.56 Å². The van der Waals surface area contributed by atoms with E-state index in [0.29, 0.717) is 29.2 Å². The van der Waals surface area contributed by atoms with E-state index in [1.807, 2.05) is 30.1 Å². The van der Waals surface area contributed by atoms with Gasteiger partial charge in [0.1, 0.15) is 5.82 Å². The average Bonchev–Trinajstić information content (AvgIpc) is 2.44. The molecule has 0 aliphatic rings. The van der Waals surface area contributed by atoms with Crippen LogP contribution in [0.15, 0.2) is 42.5 Å². The largest absolute Gasteiger partial charge is 0.298 e. The third-order valence-electron chi connectivity index (χ3n) is 3.07. The van der Waals surface area contributed by atoms with Gasteiger partial charge in [-0.2, -0.15) is 5.26 Å². The molecule has 0 fully saturated rings. The van der Waals surface area contributed by atoms with Crippen LogP contribution in [0.2, 0.25) is 5.02 Å². The van der Waals surface area contributed by atoms with Crippen molar-refractivity contribution < 1.29 is 4.39 Å². The molecule has 102 valence electrons. The molecule has 0 bridgehead atoms. The van der Waals surface area contributed by atoms with Crippen LogP contribution in [0.4, 0.5) is 4.39 Å². The molecule has 0 unspecified atom stereocenters. The molecule has 0 aromatic heterocycles. The van der Waals surface area contributed by atoms with Crippen molar-refractivity contribution in [3.63, 3.8) is 0 Å². The molecule has 4 heteroatoms. The van der Waals surface area contributed by atoms with Gasteiger partial charge in [0.25, 0.3) is 0 Å². The summed E-state index contributed by atoms with van der Waals surface area (Å²) in [6.07, 6.45) is 0. The maximum atomic E-state index is 13.7. The lowest BCUT2D eigenvalue weighted by Gasteiger charge is -2.18. The molecule has 2 aromatic rings. The van der Waals surface area contributed by atoms with E-state index in [1.165, 1.54) is 6.07 Å². The second-order valence-corrected chi connectivity index (χ2v) is 5.05. The van der Waals surface area contributed by atoms with Crippen LogP contribution < -0.4 is 0 Å². The maximum Gasteiger partial charge on any atom is 0.129 e. The third kappa shape index (κ3) is 3.36. The van der Waals surface area contributed by atoms with E-state index in [2.05, 4.69) is 6.07 Å². The van der Waals surface area contributed by atoms with Crippen molar-refractivity contribution in [2.24, 2.45) is 0 Å². The minimum absolute atomic E-state index is 0.307. The summed E-state index contributed by atoms with van der Waals surface area (Å²) in [5, 5.41) is 9.48. The Labute approximate surface area is 123 Å². The van der Waals surface area contributed by atoms with Gasteiger partial charge in [0.15, 0.2) is 0 Å². The highest BCUT2D eigenvalue weighted by Gasteiger charge is 2.11. The van der Waals surface area contributed by atoms with Crippen molar-refractivity contribution in [1.82, 2.24) is 4.90 Å². The summed E-state index contributed by atoms with van der Waals surface area (Å²) < 4.78 is 13.7. The summed E-state index contributed by atoms with van der Waals surface area (Å²) in [7, 11) is 1.87. The van der Waals surface area contributed by atoms with Crippen LogP contribution in [0.3, 0.4) is 0 Å². The van der Waals surface area contributed by atoms with Crippen LogP contribution in [-0.2, 0) is 13.1 Å². The second-order valence-electron chi connectivity index (χ2n) is 4.64. The molecule has 0 spiro atoms. The lowest BCUT2D eigenvalue weighted by molar-refractivity contribution is 0.313. The number of benzene rings is 2. The van der Waals surface area contributed by atoms with E-state index >= 15 is 0 Å². The second kappa shape index (κ2) is 6.51. The Kier molecular flexibility index (Phi) is 4.73. The number of hydrogen-bond acceptors (Lipinski definition) is 2. The molecule has 2 rings (SSSR count). The van der Waals surface area contributed by atoms with Gasteiger partial charge >= 0.3 is 0 Å². The van der Waals surface area contributed by atoms with Crippen molar-refractivity contribution in [3.8, 4) is 6.07 Å². The quantitative estimate of drug-likeness (QED) is 0.851. The van der Waals surface area contributed by atoms with Gasteiger partial charge in [-0.1, -0.05) is 35.9 Å². The Morgan fingerprint density at radius 2 is 1.90 bits per heavy atom. The molecule has 0 amide bonds. The molecule has 0 aliphatic heterocycles. The number of nitrogens with zero attached hydrogens (tertiary/aromatic N) is 2. The number of hydrogen-bond donors (Lipinski definition) is 0. The van der Waals surface area contributed by atoms with Crippen LogP contribution in [0.25, 0.3) is 0 Å². The van der Waals surface area contributed by atoms with Gasteiger partial charge in [-0.05, 0) is 30.8 Å². The van der Waals surface area contributed by atoms with E-state index in [1.54, 1.807) is 18.2 Å². The van der Waals surface area contributed by atoms with Crippen molar-refractivity contribution in [2.75, 3.05) is 7.05 Å². The Morgan fingerprint density at radius 3 is 2.60 bits per heavy atom. The van der Waals surface area contributed by atoms with Gasteiger partial charge in [-0.15, -0.1) is 0 Å². The van der Waals surface area contributed by atoms with Gasteiger partial charge in [0.2, 0.25) is 0 Å². The van der Waals surface area contributed by atoms with Crippen molar-refractivity contribution >= 4 is 11.6 Å². The molecule has 20 heavy (non-hydrogen) atoms. The third-order valence-corrected chi connectivity index (χ3v) is 3.42. The zero-order valence-electron chi connectivity index (χ0n) is 11.1. The van der Waals surface area contributed by atoms with Gasteiger partial charge in [0.05, 0.1) is 11.6 Å². The molecule has 0 atom stereocenters. The van der Waals surface area contributed by atoms with Crippen LogP contribution in [-0.4, -0.2) is 11.9 Å². The molecule has 0 aliphatic carbocycles. The summed E-state index contributed by atoms with van der Waals surface area (Å²) in [5.74, 6) is -0.307. The fourth-order valence-electron chi connectivity index (χ4n) is 2.07. The summed E-state index contributed by atoms with van der Waals surface area (Å²) in [5.41, 5.74) is 2.04. The number of nitriles is 1. The summed E-state index contributed by atoms with van der Waals surface area (Å²) in [4.78, 5) is 1.93. The molecule has 0 N–H and O–H groups in total. The highest BCUT2D eigenvalue weighted by Crippen LogP contribution is 2.21. The zero-order valence-corrected chi connectivity index (χ0v) is 11.9. The lowest BCUT2D eigenvalue weighted by Crippen LogP contribution is -2.19. The van der Waals surface area contributed by atoms with Crippen molar-refractivity contribution in [3.05, 3.63) is 70.0 Å². The predicted molar refractivity (Wildman–Crippen MR) is 77.7 cm³/mol. The molecule has 2 aromatic carbocycles. The summed E-state index contributed by atoms with van der Waals surface area (Å²) in [6, 6.07) is 14.2. The van der Waals surface area contributed by atoms with E-state index < -0.39 is 0 Å². The van der Waals surface area contributed by atoms with Crippen LogP contribution in [0, 0.1) is 17.1 Å². The molecular weight excluding hydrogens is 275 g/mol. The fraction of sp³-hybridized carbons (Fsp3) is 0.188. The molecule has 0 radical (unpaired) electrons. The summed E-state index contributed by atoms with van der Waals surface area (Å²) >= 11 is 6.02. The minimum atomic E-state index is -0.307. The first-order valence-corrected chi connectivity index (χ1v) is 6.59. The van der Waals surface area contributed by atoms with Crippen LogP contribution in [0.5, 0.6) is 0 Å². The lowest BCUT2D eigenvalue weighted by atomic mass is 10.1. The molecular formula is C16H14ClFN2. The van der Waals surface area contributed by atoms with Gasteiger partial charge < -0.3 is 0 Å². The summed E-state index contributed by atoms with van der Waals surface area (Å²) in [6.45, 7) is 0.958. The first-order valence-electron chi connectivity index (χ1n) is 6.21. The van der Waals surface area contributed by atoms with E-state index in [-0.39, 0.29) is 5.82 Å². The van der Waals surface area contributed by atoms with Crippen LogP contribution >= 0.6 is 11.6 Å². The van der Waals surface area contributed by atoms with Gasteiger partial charge in [0, 0.05) is 23.7 Å². The highest BCUT2D eigenvalue weighted by atomic mass is 35.5.